The molecule has 1 aliphatic rings. The molecule has 5 rings (SSSR count). The van der Waals surface area contributed by atoms with Crippen LogP contribution in [0.3, 0.4) is 0 Å². The Morgan fingerprint density at radius 2 is 1.91 bits per heavy atom. The summed E-state index contributed by atoms with van der Waals surface area (Å²) >= 11 is 0. The molecule has 0 atom stereocenters. The summed E-state index contributed by atoms with van der Waals surface area (Å²) in [5.41, 5.74) is 4.79. The lowest BCUT2D eigenvalue weighted by Crippen LogP contribution is -2.16. The summed E-state index contributed by atoms with van der Waals surface area (Å²) in [5.74, 6) is 2.32. The summed E-state index contributed by atoms with van der Waals surface area (Å²) in [6.45, 7) is 0.573. The molecule has 0 saturated carbocycles. The minimum Gasteiger partial charge on any atom is -0.493 e. The van der Waals surface area contributed by atoms with Gasteiger partial charge in [-0.15, -0.1) is 0 Å². The highest BCUT2D eigenvalue weighted by molar-refractivity contribution is 5.96. The number of furan rings is 1. The predicted octanol–water partition coefficient (Wildman–Crippen LogP) is 4.51. The lowest BCUT2D eigenvalue weighted by atomic mass is 10.2. The van der Waals surface area contributed by atoms with Crippen molar-refractivity contribution in [2.24, 2.45) is 5.10 Å². The highest BCUT2D eigenvalue weighted by Gasteiger charge is 2.14. The zero-order valence-corrected chi connectivity index (χ0v) is 17.7. The smallest absolute Gasteiger partial charge is 0.307 e. The van der Waals surface area contributed by atoms with Crippen LogP contribution in [0.2, 0.25) is 0 Å². The van der Waals surface area contributed by atoms with Crippen LogP contribution in [0.25, 0.3) is 11.0 Å². The van der Waals surface area contributed by atoms with Crippen molar-refractivity contribution in [3.63, 3.8) is 0 Å². The van der Waals surface area contributed by atoms with Gasteiger partial charge in [0.15, 0.2) is 28.8 Å². The Balaban J connectivity index is 1.22. The maximum absolute atomic E-state index is 12.3. The maximum atomic E-state index is 12.3. The molecule has 8 heteroatoms. The topological polar surface area (TPSA) is 91.5 Å². The molecular weight excluding hydrogens is 424 g/mol. The minimum atomic E-state index is -0.432. The zero-order chi connectivity index (χ0) is 22.6. The SMILES string of the molecule is COc1cc(/C=N/NC(=O)c2cc3ccccc3o2)ccc1OCc1ccc2c(c1)OCO2. The van der Waals surface area contributed by atoms with E-state index in [2.05, 4.69) is 10.5 Å². The van der Waals surface area contributed by atoms with Crippen molar-refractivity contribution < 1.29 is 28.2 Å². The second-order valence-corrected chi connectivity index (χ2v) is 7.23. The molecule has 0 bridgehead atoms. The highest BCUT2D eigenvalue weighted by Crippen LogP contribution is 2.33. The van der Waals surface area contributed by atoms with Crippen LogP contribution in [-0.4, -0.2) is 26.0 Å². The number of rotatable bonds is 7. The largest absolute Gasteiger partial charge is 0.493 e. The summed E-state index contributed by atoms with van der Waals surface area (Å²) in [6, 6.07) is 20.1. The summed E-state index contributed by atoms with van der Waals surface area (Å²) < 4.78 is 27.6. The Hall–Kier alpha value is -4.46. The fourth-order valence-electron chi connectivity index (χ4n) is 3.39. The van der Waals surface area contributed by atoms with E-state index in [0.717, 1.165) is 22.3 Å². The second kappa shape index (κ2) is 8.96. The lowest BCUT2D eigenvalue weighted by Gasteiger charge is -2.11. The van der Waals surface area contributed by atoms with E-state index in [-0.39, 0.29) is 12.6 Å². The van der Waals surface area contributed by atoms with Crippen molar-refractivity contribution >= 4 is 23.1 Å². The van der Waals surface area contributed by atoms with Crippen LogP contribution in [-0.2, 0) is 6.61 Å². The van der Waals surface area contributed by atoms with E-state index in [1.807, 2.05) is 42.5 Å². The van der Waals surface area contributed by atoms with Gasteiger partial charge in [-0.2, -0.15) is 5.10 Å². The van der Waals surface area contributed by atoms with Crippen LogP contribution in [0.4, 0.5) is 0 Å². The predicted molar refractivity (Wildman–Crippen MR) is 121 cm³/mol. The van der Waals surface area contributed by atoms with Gasteiger partial charge in [-0.25, -0.2) is 5.43 Å². The molecule has 0 saturated heterocycles. The van der Waals surface area contributed by atoms with Crippen LogP contribution in [0.15, 0.2) is 76.2 Å². The fraction of sp³-hybridized carbons (Fsp3) is 0.120. The molecule has 1 N–H and O–H groups in total. The van der Waals surface area contributed by atoms with Crippen molar-refractivity contribution in [2.45, 2.75) is 6.61 Å². The van der Waals surface area contributed by atoms with E-state index < -0.39 is 5.91 Å². The van der Waals surface area contributed by atoms with Crippen LogP contribution in [0.1, 0.15) is 21.7 Å². The maximum Gasteiger partial charge on any atom is 0.307 e. The third kappa shape index (κ3) is 4.45. The molecule has 3 aromatic carbocycles. The summed E-state index contributed by atoms with van der Waals surface area (Å²) in [6.07, 6.45) is 1.52. The summed E-state index contributed by atoms with van der Waals surface area (Å²) in [7, 11) is 1.56. The number of nitrogens with one attached hydrogen (secondary N) is 1. The molecular formula is C25H20N2O6. The van der Waals surface area contributed by atoms with Gasteiger partial charge in [-0.1, -0.05) is 24.3 Å². The van der Waals surface area contributed by atoms with E-state index in [0.29, 0.717) is 29.4 Å². The fourth-order valence-corrected chi connectivity index (χ4v) is 3.39. The van der Waals surface area contributed by atoms with E-state index in [9.17, 15) is 4.79 Å². The van der Waals surface area contributed by atoms with Crippen molar-refractivity contribution in [3.8, 4) is 23.0 Å². The lowest BCUT2D eigenvalue weighted by molar-refractivity contribution is 0.0929. The van der Waals surface area contributed by atoms with Gasteiger partial charge in [0.25, 0.3) is 0 Å². The molecule has 4 aromatic rings. The monoisotopic (exact) mass is 444 g/mol. The first kappa shape index (κ1) is 20.4. The molecule has 8 nitrogen and oxygen atoms in total. The Labute approximate surface area is 189 Å². The van der Waals surface area contributed by atoms with Gasteiger partial charge in [-0.05, 0) is 53.6 Å². The van der Waals surface area contributed by atoms with Gasteiger partial charge in [-0.3, -0.25) is 4.79 Å². The molecule has 2 heterocycles. The third-order valence-corrected chi connectivity index (χ3v) is 5.05. The summed E-state index contributed by atoms with van der Waals surface area (Å²) in [5, 5.41) is 4.87. The Kier molecular flexibility index (Phi) is 5.55. The van der Waals surface area contributed by atoms with E-state index in [1.165, 1.54) is 6.21 Å². The van der Waals surface area contributed by atoms with Crippen LogP contribution in [0.5, 0.6) is 23.0 Å². The Bertz CT molecular complexity index is 1310. The van der Waals surface area contributed by atoms with Crippen molar-refractivity contribution in [1.29, 1.82) is 0 Å². The van der Waals surface area contributed by atoms with Crippen molar-refractivity contribution in [3.05, 3.63) is 83.6 Å². The molecule has 0 fully saturated rings. The van der Waals surface area contributed by atoms with Crippen molar-refractivity contribution in [1.82, 2.24) is 5.43 Å². The number of fused-ring (bicyclic) bond motifs is 2. The second-order valence-electron chi connectivity index (χ2n) is 7.23. The number of para-hydroxylation sites is 1. The van der Waals surface area contributed by atoms with E-state index in [4.69, 9.17) is 23.4 Å². The quantitative estimate of drug-likeness (QED) is 0.333. The first-order valence-electron chi connectivity index (χ1n) is 10.2. The molecule has 0 unspecified atom stereocenters. The van der Waals surface area contributed by atoms with Crippen LogP contribution >= 0.6 is 0 Å². The number of benzene rings is 3. The van der Waals surface area contributed by atoms with E-state index >= 15 is 0 Å². The van der Waals surface area contributed by atoms with Gasteiger partial charge in [0, 0.05) is 5.39 Å². The number of hydrogen-bond donors (Lipinski definition) is 1. The average molecular weight is 444 g/mol. The normalized spacial score (nSPS) is 12.3. The van der Waals surface area contributed by atoms with Gasteiger partial charge < -0.3 is 23.4 Å². The van der Waals surface area contributed by atoms with E-state index in [1.54, 1.807) is 31.4 Å². The molecule has 1 aromatic heterocycles. The Morgan fingerprint density at radius 3 is 2.79 bits per heavy atom. The number of nitrogens with zero attached hydrogens (tertiary/aromatic N) is 1. The number of methoxy groups -OCH3 is 1. The summed E-state index contributed by atoms with van der Waals surface area (Å²) in [4.78, 5) is 12.3. The third-order valence-electron chi connectivity index (χ3n) is 5.05. The number of carbonyl (C=O) groups is 1. The molecule has 166 valence electrons. The minimum absolute atomic E-state index is 0.193. The van der Waals surface area contributed by atoms with Gasteiger partial charge >= 0.3 is 5.91 Å². The molecule has 0 aliphatic carbocycles. The van der Waals surface area contributed by atoms with Crippen molar-refractivity contribution in [2.75, 3.05) is 13.9 Å². The van der Waals surface area contributed by atoms with Gasteiger partial charge in [0.1, 0.15) is 12.2 Å². The van der Waals surface area contributed by atoms with Gasteiger partial charge in [0.2, 0.25) is 6.79 Å². The molecule has 0 spiro atoms. The van der Waals surface area contributed by atoms with Crippen LogP contribution < -0.4 is 24.4 Å². The first-order valence-corrected chi connectivity index (χ1v) is 10.2. The molecule has 1 amide bonds. The number of carbonyl (C=O) groups excluding carboxylic acids is 1. The number of ether oxygens (including phenoxy) is 4. The molecule has 1 aliphatic heterocycles. The van der Waals surface area contributed by atoms with Crippen LogP contribution in [0, 0.1) is 0 Å². The molecule has 33 heavy (non-hydrogen) atoms. The number of hydrazone groups is 1. The Morgan fingerprint density at radius 1 is 1.03 bits per heavy atom. The highest BCUT2D eigenvalue weighted by atomic mass is 16.7. The van der Waals surface area contributed by atoms with Gasteiger partial charge in [0.05, 0.1) is 13.3 Å². The zero-order valence-electron chi connectivity index (χ0n) is 17.7. The molecule has 0 radical (unpaired) electrons. The number of amides is 1. The first-order chi connectivity index (χ1) is 16.2. The number of hydrogen-bond acceptors (Lipinski definition) is 7. The standard InChI is InChI=1S/C25H20N2O6/c1-29-22-10-16(13-26-27-25(28)24-12-18-4-2-3-5-19(18)33-24)6-8-20(22)30-14-17-7-9-21-23(11-17)32-15-31-21/h2-13H,14-15H2,1H3,(H,27,28)/b26-13+. The average Bonchev–Trinajstić information content (AvgIpc) is 3.49.